The molecule has 0 atom stereocenters. The Bertz CT molecular complexity index is 206. The summed E-state index contributed by atoms with van der Waals surface area (Å²) in [5, 5.41) is 0. The highest BCUT2D eigenvalue weighted by molar-refractivity contribution is 5.02. The molecule has 0 saturated carbocycles. The first kappa shape index (κ1) is 10.3. The fraction of sp³-hybridized carbons (Fsp3) is 0.538. The van der Waals surface area contributed by atoms with Crippen LogP contribution in [0, 0.1) is 0 Å². The molecule has 0 nitrogen and oxygen atoms in total. The van der Waals surface area contributed by atoms with Crippen LogP contribution in [-0.4, -0.2) is 0 Å². The fourth-order valence-corrected chi connectivity index (χ4v) is 1.50. The van der Waals surface area contributed by atoms with Crippen LogP contribution in [0.5, 0.6) is 0 Å². The van der Waals surface area contributed by atoms with Crippen LogP contribution in [0.15, 0.2) is 36.0 Å². The molecule has 0 heterocycles. The van der Waals surface area contributed by atoms with E-state index in [0.29, 0.717) is 0 Å². The molecule has 72 valence electrons. The van der Waals surface area contributed by atoms with E-state index in [1.54, 1.807) is 5.57 Å². The number of hydrogen-bond donors (Lipinski definition) is 0. The molecule has 0 aliphatic heterocycles. The van der Waals surface area contributed by atoms with Crippen LogP contribution in [0.4, 0.5) is 0 Å². The minimum absolute atomic E-state index is 1.21. The molecule has 1 aliphatic rings. The van der Waals surface area contributed by atoms with E-state index in [0.717, 1.165) is 0 Å². The molecule has 0 aromatic carbocycles. The van der Waals surface area contributed by atoms with E-state index >= 15 is 0 Å². The average molecular weight is 176 g/mol. The van der Waals surface area contributed by atoms with Gasteiger partial charge in [-0.2, -0.15) is 0 Å². The van der Waals surface area contributed by atoms with Crippen molar-refractivity contribution < 1.29 is 0 Å². The Balaban J connectivity index is 2.42. The van der Waals surface area contributed by atoms with Gasteiger partial charge in [0.15, 0.2) is 0 Å². The maximum atomic E-state index is 2.37. The van der Waals surface area contributed by atoms with E-state index < -0.39 is 0 Å². The lowest BCUT2D eigenvalue weighted by Gasteiger charge is -1.98. The highest BCUT2D eigenvalue weighted by Crippen LogP contribution is 2.09. The van der Waals surface area contributed by atoms with E-state index in [1.165, 1.54) is 38.5 Å². The SMILES string of the molecule is C/C1=C/CC/C=C/CC/C=C\CC1. The summed E-state index contributed by atoms with van der Waals surface area (Å²) in [7, 11) is 0. The van der Waals surface area contributed by atoms with E-state index in [2.05, 4.69) is 37.3 Å². The van der Waals surface area contributed by atoms with Gasteiger partial charge in [-0.1, -0.05) is 36.0 Å². The normalized spacial score (nSPS) is 29.2. The molecule has 0 aromatic heterocycles. The monoisotopic (exact) mass is 176 g/mol. The van der Waals surface area contributed by atoms with Gasteiger partial charge < -0.3 is 0 Å². The molecule has 13 heavy (non-hydrogen) atoms. The second kappa shape index (κ2) is 6.71. The molecule has 0 saturated heterocycles. The van der Waals surface area contributed by atoms with Crippen LogP contribution in [0.2, 0.25) is 0 Å². The van der Waals surface area contributed by atoms with Crippen LogP contribution in [0.1, 0.15) is 45.4 Å². The number of hydrogen-bond acceptors (Lipinski definition) is 0. The average Bonchev–Trinajstić information content (AvgIpc) is 2.11. The van der Waals surface area contributed by atoms with Gasteiger partial charge in [0.05, 0.1) is 0 Å². The summed E-state index contributed by atoms with van der Waals surface area (Å²) in [5.74, 6) is 0. The zero-order valence-electron chi connectivity index (χ0n) is 8.63. The Hall–Kier alpha value is -0.780. The van der Waals surface area contributed by atoms with Crippen molar-refractivity contribution in [2.75, 3.05) is 0 Å². The first-order chi connectivity index (χ1) is 6.39. The zero-order valence-corrected chi connectivity index (χ0v) is 8.63. The molecule has 0 bridgehead atoms. The largest absolute Gasteiger partial charge is 0.0882 e. The number of rotatable bonds is 0. The van der Waals surface area contributed by atoms with Gasteiger partial charge in [0.25, 0.3) is 0 Å². The third-order valence-corrected chi connectivity index (χ3v) is 2.36. The van der Waals surface area contributed by atoms with Gasteiger partial charge in [-0.15, -0.1) is 0 Å². The van der Waals surface area contributed by atoms with Gasteiger partial charge in [-0.25, -0.2) is 0 Å². The lowest BCUT2D eigenvalue weighted by molar-refractivity contribution is 0.921. The van der Waals surface area contributed by atoms with Crippen molar-refractivity contribution in [1.29, 1.82) is 0 Å². The molecule has 0 radical (unpaired) electrons. The van der Waals surface area contributed by atoms with Crippen LogP contribution >= 0.6 is 0 Å². The number of allylic oxidation sites excluding steroid dienone is 6. The summed E-state index contributed by atoms with van der Waals surface area (Å²) in [6, 6.07) is 0. The van der Waals surface area contributed by atoms with Crippen molar-refractivity contribution in [3.63, 3.8) is 0 Å². The maximum absolute atomic E-state index is 2.37. The smallest absolute Gasteiger partial charge is 0.0288 e. The summed E-state index contributed by atoms with van der Waals surface area (Å²) in [6.07, 6.45) is 18.9. The predicted octanol–water partition coefficient (Wildman–Crippen LogP) is 4.40. The van der Waals surface area contributed by atoms with E-state index in [-0.39, 0.29) is 0 Å². The van der Waals surface area contributed by atoms with Gasteiger partial charge in [0, 0.05) is 0 Å². The second-order valence-electron chi connectivity index (χ2n) is 3.69. The topological polar surface area (TPSA) is 0 Å². The van der Waals surface area contributed by atoms with E-state index in [1.807, 2.05) is 0 Å². The molecular formula is C13H20. The van der Waals surface area contributed by atoms with E-state index in [4.69, 9.17) is 0 Å². The molecule has 0 fully saturated rings. The lowest BCUT2D eigenvalue weighted by Crippen LogP contribution is -1.78. The van der Waals surface area contributed by atoms with Gasteiger partial charge in [0.1, 0.15) is 0 Å². The van der Waals surface area contributed by atoms with Crippen LogP contribution in [-0.2, 0) is 0 Å². The summed E-state index contributed by atoms with van der Waals surface area (Å²) in [5.41, 5.74) is 1.54. The van der Waals surface area contributed by atoms with Gasteiger partial charge >= 0.3 is 0 Å². The van der Waals surface area contributed by atoms with Crippen molar-refractivity contribution in [1.82, 2.24) is 0 Å². The van der Waals surface area contributed by atoms with Crippen molar-refractivity contribution in [3.05, 3.63) is 36.0 Å². The molecule has 0 aromatic rings. The first-order valence-electron chi connectivity index (χ1n) is 5.35. The molecule has 0 amide bonds. The summed E-state index contributed by atoms with van der Waals surface area (Å²) in [6.45, 7) is 2.24. The molecular weight excluding hydrogens is 156 g/mol. The Morgan fingerprint density at radius 3 is 2.00 bits per heavy atom. The van der Waals surface area contributed by atoms with Crippen molar-refractivity contribution in [2.24, 2.45) is 0 Å². The molecule has 0 unspecified atom stereocenters. The van der Waals surface area contributed by atoms with Crippen LogP contribution in [0.25, 0.3) is 0 Å². The summed E-state index contributed by atoms with van der Waals surface area (Å²) >= 11 is 0. The minimum Gasteiger partial charge on any atom is -0.0882 e. The molecule has 0 heteroatoms. The quantitative estimate of drug-likeness (QED) is 0.480. The molecule has 0 spiro atoms. The van der Waals surface area contributed by atoms with Crippen LogP contribution in [0.3, 0.4) is 0 Å². The Morgan fingerprint density at radius 1 is 0.769 bits per heavy atom. The highest BCUT2D eigenvalue weighted by atomic mass is 13.9. The summed E-state index contributed by atoms with van der Waals surface area (Å²) in [4.78, 5) is 0. The van der Waals surface area contributed by atoms with Crippen molar-refractivity contribution >= 4 is 0 Å². The molecule has 1 aliphatic carbocycles. The van der Waals surface area contributed by atoms with Gasteiger partial charge in [-0.05, 0) is 45.4 Å². The third kappa shape index (κ3) is 5.46. The first-order valence-corrected chi connectivity index (χ1v) is 5.35. The van der Waals surface area contributed by atoms with Crippen LogP contribution < -0.4 is 0 Å². The van der Waals surface area contributed by atoms with Crippen molar-refractivity contribution in [3.8, 4) is 0 Å². The standard InChI is InChI=1S/C13H20/c1-13-11-9-7-5-3-2-4-6-8-10-12-13/h3,5-6,8,11H,2,4,7,9-10,12H2,1H3/b5-3+,8-6-,13-11-. The van der Waals surface area contributed by atoms with Gasteiger partial charge in [-0.3, -0.25) is 0 Å². The molecule has 1 rings (SSSR count). The second-order valence-corrected chi connectivity index (χ2v) is 3.69. The lowest BCUT2D eigenvalue weighted by atomic mass is 10.1. The van der Waals surface area contributed by atoms with E-state index in [9.17, 15) is 0 Å². The predicted molar refractivity (Wildman–Crippen MR) is 59.7 cm³/mol. The fourth-order valence-electron chi connectivity index (χ4n) is 1.50. The third-order valence-electron chi connectivity index (χ3n) is 2.36. The van der Waals surface area contributed by atoms with Crippen molar-refractivity contribution in [2.45, 2.75) is 45.4 Å². The van der Waals surface area contributed by atoms with Gasteiger partial charge in [0.2, 0.25) is 0 Å². The minimum atomic E-state index is 1.21. The Morgan fingerprint density at radius 2 is 1.31 bits per heavy atom. The summed E-state index contributed by atoms with van der Waals surface area (Å²) < 4.78 is 0. The Kier molecular flexibility index (Phi) is 5.31. The maximum Gasteiger partial charge on any atom is -0.0288 e. The highest BCUT2D eigenvalue weighted by Gasteiger charge is 1.88. The molecule has 0 N–H and O–H groups in total. The zero-order chi connectivity index (χ0) is 9.36. The Labute approximate surface area is 82.0 Å².